The maximum atomic E-state index is 5.37. The molecule has 2 N–H and O–H groups in total. The summed E-state index contributed by atoms with van der Waals surface area (Å²) >= 11 is 0. The number of hydrogen-bond donors (Lipinski definition) is 2. The van der Waals surface area contributed by atoms with Gasteiger partial charge in [-0.05, 0) is 13.8 Å². The molecule has 0 aliphatic rings. The van der Waals surface area contributed by atoms with Gasteiger partial charge < -0.3 is 15.1 Å². The summed E-state index contributed by atoms with van der Waals surface area (Å²) in [6.07, 6.45) is 3.46. The minimum Gasteiger partial charge on any atom is -0.444 e. The molecule has 2 heterocycles. The van der Waals surface area contributed by atoms with E-state index in [0.29, 0.717) is 18.4 Å². The highest BCUT2D eigenvalue weighted by molar-refractivity contribution is 5.46. The van der Waals surface area contributed by atoms with Crippen molar-refractivity contribution in [2.45, 2.75) is 20.4 Å². The van der Waals surface area contributed by atoms with Crippen LogP contribution in [0.15, 0.2) is 16.8 Å². The molecule has 6 nitrogen and oxygen atoms in total. The second-order valence-electron chi connectivity index (χ2n) is 3.69. The first kappa shape index (κ1) is 11.4. The number of rotatable bonds is 4. The predicted molar refractivity (Wildman–Crippen MR) is 64.9 cm³/mol. The van der Waals surface area contributed by atoms with Gasteiger partial charge in [0.05, 0.1) is 12.7 Å². The van der Waals surface area contributed by atoms with Gasteiger partial charge in [-0.2, -0.15) is 4.98 Å². The fraction of sp³-hybridized carbons (Fsp3) is 0.364. The number of aromatic nitrogens is 3. The van der Waals surface area contributed by atoms with Crippen molar-refractivity contribution in [1.82, 2.24) is 15.0 Å². The Morgan fingerprint density at radius 1 is 1.24 bits per heavy atom. The molecule has 0 bridgehead atoms. The Bertz CT molecular complexity index is 508. The van der Waals surface area contributed by atoms with Crippen LogP contribution in [0.2, 0.25) is 0 Å². The third kappa shape index (κ3) is 2.72. The molecule has 0 atom stereocenters. The van der Waals surface area contributed by atoms with Crippen molar-refractivity contribution < 1.29 is 4.42 Å². The van der Waals surface area contributed by atoms with E-state index in [1.54, 1.807) is 19.4 Å². The predicted octanol–water partition coefficient (Wildman–Crippen LogP) is 1.74. The summed E-state index contributed by atoms with van der Waals surface area (Å²) in [6.45, 7) is 4.32. The zero-order valence-electron chi connectivity index (χ0n) is 10.1. The second kappa shape index (κ2) is 4.82. The fourth-order valence-electron chi connectivity index (χ4n) is 1.38. The van der Waals surface area contributed by atoms with E-state index < -0.39 is 0 Å². The molecule has 0 spiro atoms. The third-order valence-electron chi connectivity index (χ3n) is 2.27. The monoisotopic (exact) mass is 233 g/mol. The van der Waals surface area contributed by atoms with E-state index in [0.717, 1.165) is 17.1 Å². The van der Waals surface area contributed by atoms with Crippen LogP contribution in [0.1, 0.15) is 17.2 Å². The van der Waals surface area contributed by atoms with Crippen LogP contribution in [0.4, 0.5) is 11.8 Å². The van der Waals surface area contributed by atoms with Crippen molar-refractivity contribution in [2.75, 3.05) is 17.7 Å². The number of aryl methyl sites for hydroxylation is 2. The molecular weight excluding hydrogens is 218 g/mol. The molecule has 0 amide bonds. The van der Waals surface area contributed by atoms with Gasteiger partial charge in [-0.15, -0.1) is 0 Å². The molecule has 2 rings (SSSR count). The minimum absolute atomic E-state index is 0.509. The highest BCUT2D eigenvalue weighted by atomic mass is 16.4. The summed E-state index contributed by atoms with van der Waals surface area (Å²) in [5.41, 5.74) is 0.979. The zero-order chi connectivity index (χ0) is 12.3. The first-order chi connectivity index (χ1) is 8.19. The van der Waals surface area contributed by atoms with Crippen LogP contribution in [0.5, 0.6) is 0 Å². The summed E-state index contributed by atoms with van der Waals surface area (Å²) in [4.78, 5) is 12.5. The third-order valence-corrected chi connectivity index (χ3v) is 2.27. The van der Waals surface area contributed by atoms with Crippen LogP contribution < -0.4 is 10.6 Å². The van der Waals surface area contributed by atoms with Crippen LogP contribution in [0, 0.1) is 13.8 Å². The maximum Gasteiger partial charge on any atom is 0.224 e. The largest absolute Gasteiger partial charge is 0.444 e. The lowest BCUT2D eigenvalue weighted by molar-refractivity contribution is 0.478. The molecule has 0 aliphatic heterocycles. The summed E-state index contributed by atoms with van der Waals surface area (Å²) in [7, 11) is 1.78. The number of anilines is 2. The summed E-state index contributed by atoms with van der Waals surface area (Å²) < 4.78 is 5.37. The molecule has 0 unspecified atom stereocenters. The van der Waals surface area contributed by atoms with E-state index in [2.05, 4.69) is 25.6 Å². The Labute approximate surface area is 99.5 Å². The van der Waals surface area contributed by atoms with E-state index in [-0.39, 0.29) is 0 Å². The van der Waals surface area contributed by atoms with Crippen molar-refractivity contribution in [3.63, 3.8) is 0 Å². The number of nitrogens with one attached hydrogen (secondary N) is 2. The van der Waals surface area contributed by atoms with Crippen LogP contribution in [-0.4, -0.2) is 22.0 Å². The maximum absolute atomic E-state index is 5.37. The van der Waals surface area contributed by atoms with Gasteiger partial charge in [0.1, 0.15) is 11.6 Å². The highest BCUT2D eigenvalue weighted by Crippen LogP contribution is 2.13. The van der Waals surface area contributed by atoms with Gasteiger partial charge >= 0.3 is 0 Å². The summed E-state index contributed by atoms with van der Waals surface area (Å²) in [5, 5.41) is 6.07. The standard InChI is InChI=1S/C11H15N5O/c1-7-4-15-11(12-3)16-10(7)14-6-9-13-5-8(2)17-9/h4-5H,6H2,1-3H3,(H2,12,14,15,16). The van der Waals surface area contributed by atoms with E-state index in [4.69, 9.17) is 4.42 Å². The molecular formula is C11H15N5O. The van der Waals surface area contributed by atoms with Crippen molar-refractivity contribution >= 4 is 11.8 Å². The van der Waals surface area contributed by atoms with Gasteiger partial charge in [0.2, 0.25) is 11.8 Å². The Kier molecular flexibility index (Phi) is 3.22. The fourth-order valence-corrected chi connectivity index (χ4v) is 1.38. The smallest absolute Gasteiger partial charge is 0.224 e. The van der Waals surface area contributed by atoms with Crippen molar-refractivity contribution in [2.24, 2.45) is 0 Å². The van der Waals surface area contributed by atoms with Gasteiger partial charge in [-0.1, -0.05) is 0 Å². The molecule has 2 aromatic heterocycles. The molecule has 17 heavy (non-hydrogen) atoms. The molecule has 0 aliphatic carbocycles. The number of oxazole rings is 1. The van der Waals surface area contributed by atoms with Gasteiger partial charge in [0.15, 0.2) is 0 Å². The molecule has 90 valence electrons. The van der Waals surface area contributed by atoms with E-state index >= 15 is 0 Å². The summed E-state index contributed by atoms with van der Waals surface area (Å²) in [6, 6.07) is 0. The van der Waals surface area contributed by atoms with E-state index in [1.165, 1.54) is 0 Å². The van der Waals surface area contributed by atoms with Crippen LogP contribution >= 0.6 is 0 Å². The quantitative estimate of drug-likeness (QED) is 0.837. The Balaban J connectivity index is 2.07. The average Bonchev–Trinajstić information content (AvgIpc) is 2.74. The molecule has 0 fully saturated rings. The lowest BCUT2D eigenvalue weighted by Crippen LogP contribution is -2.06. The summed E-state index contributed by atoms with van der Waals surface area (Å²) in [5.74, 6) is 2.81. The zero-order valence-corrected chi connectivity index (χ0v) is 10.1. The lowest BCUT2D eigenvalue weighted by Gasteiger charge is -2.07. The topological polar surface area (TPSA) is 75.9 Å². The van der Waals surface area contributed by atoms with Crippen LogP contribution in [0.3, 0.4) is 0 Å². The normalized spacial score (nSPS) is 10.3. The molecule has 0 radical (unpaired) electrons. The Hall–Kier alpha value is -2.11. The molecule has 0 saturated heterocycles. The van der Waals surface area contributed by atoms with Crippen LogP contribution in [0.25, 0.3) is 0 Å². The van der Waals surface area contributed by atoms with Gasteiger partial charge in [0, 0.05) is 18.8 Å². The van der Waals surface area contributed by atoms with Gasteiger partial charge in [0.25, 0.3) is 0 Å². The number of nitrogens with zero attached hydrogens (tertiary/aromatic N) is 3. The van der Waals surface area contributed by atoms with Crippen LogP contribution in [-0.2, 0) is 6.54 Å². The molecule has 2 aromatic rings. The second-order valence-corrected chi connectivity index (χ2v) is 3.69. The molecule has 0 aromatic carbocycles. The van der Waals surface area contributed by atoms with E-state index in [1.807, 2.05) is 13.8 Å². The minimum atomic E-state index is 0.509. The SMILES string of the molecule is CNc1ncc(C)c(NCc2ncc(C)o2)n1. The Morgan fingerprint density at radius 2 is 2.06 bits per heavy atom. The highest BCUT2D eigenvalue weighted by Gasteiger charge is 2.05. The first-order valence-electron chi connectivity index (χ1n) is 5.35. The van der Waals surface area contributed by atoms with Crippen molar-refractivity contribution in [3.05, 3.63) is 29.6 Å². The van der Waals surface area contributed by atoms with E-state index in [9.17, 15) is 0 Å². The lowest BCUT2D eigenvalue weighted by atomic mass is 10.3. The Morgan fingerprint density at radius 3 is 2.71 bits per heavy atom. The average molecular weight is 233 g/mol. The van der Waals surface area contributed by atoms with Crippen molar-refractivity contribution in [3.8, 4) is 0 Å². The van der Waals surface area contributed by atoms with Gasteiger partial charge in [-0.3, -0.25) is 0 Å². The van der Waals surface area contributed by atoms with Gasteiger partial charge in [-0.25, -0.2) is 9.97 Å². The molecule has 0 saturated carbocycles. The molecule has 6 heteroatoms. The number of hydrogen-bond acceptors (Lipinski definition) is 6. The first-order valence-corrected chi connectivity index (χ1v) is 5.35. The van der Waals surface area contributed by atoms with Crippen molar-refractivity contribution in [1.29, 1.82) is 0 Å².